The number of amides is 1. The molecule has 0 N–H and O–H groups in total. The molecule has 1 aliphatic heterocycles. The van der Waals surface area contributed by atoms with E-state index >= 15 is 0 Å². The first-order valence-corrected chi connectivity index (χ1v) is 13.0. The number of carbonyl (C=O) groups excluding carboxylic acids is 2. The molecule has 4 aromatic rings. The molecule has 1 aromatic heterocycles. The smallest absolute Gasteiger partial charge is 0.324 e. The van der Waals surface area contributed by atoms with Crippen LogP contribution in [0.4, 0.5) is 0 Å². The van der Waals surface area contributed by atoms with Crippen LogP contribution in [0.1, 0.15) is 34.6 Å². The third-order valence-electron chi connectivity index (χ3n) is 5.87. The Morgan fingerprint density at radius 1 is 0.973 bits per heavy atom. The minimum Gasteiger partial charge on any atom is -0.467 e. The second-order valence-corrected chi connectivity index (χ2v) is 9.97. The van der Waals surface area contributed by atoms with Crippen LogP contribution in [0.15, 0.2) is 118 Å². The number of carbonyl (C=O) groups is 2. The predicted molar refractivity (Wildman–Crippen MR) is 143 cm³/mol. The standard InChI is InChI=1S/C29H23ClN2O4S/c30-22-15-13-20(14-16-22)24-18-25(26-12-7-17-35-26)32(31-24)27(33)19-36-29(34)28(21-8-3-1-4-9-21)37-23-10-5-2-6-11-23/h1-17,25,28H,18-19H2. The van der Waals surface area contributed by atoms with E-state index in [1.165, 1.54) is 16.8 Å². The molecule has 37 heavy (non-hydrogen) atoms. The van der Waals surface area contributed by atoms with Crippen LogP contribution in [0.2, 0.25) is 5.02 Å². The van der Waals surface area contributed by atoms with Crippen LogP contribution in [0, 0.1) is 0 Å². The highest BCUT2D eigenvalue weighted by atomic mass is 35.5. The number of hydrazone groups is 1. The Morgan fingerprint density at radius 2 is 1.68 bits per heavy atom. The van der Waals surface area contributed by atoms with Gasteiger partial charge >= 0.3 is 5.97 Å². The Kier molecular flexibility index (Phi) is 7.73. The molecule has 0 aliphatic carbocycles. The van der Waals surface area contributed by atoms with Gasteiger partial charge in [0.1, 0.15) is 17.1 Å². The molecule has 5 rings (SSSR count). The second-order valence-electron chi connectivity index (χ2n) is 8.36. The average molecular weight is 531 g/mol. The number of thioether (sulfide) groups is 1. The maximum atomic E-state index is 13.3. The van der Waals surface area contributed by atoms with Crippen molar-refractivity contribution in [3.8, 4) is 0 Å². The summed E-state index contributed by atoms with van der Waals surface area (Å²) in [5, 5.41) is 5.92. The summed E-state index contributed by atoms with van der Waals surface area (Å²) in [4.78, 5) is 27.4. The predicted octanol–water partition coefficient (Wildman–Crippen LogP) is 6.69. The van der Waals surface area contributed by atoms with E-state index in [1.54, 1.807) is 30.5 Å². The number of furan rings is 1. The Balaban J connectivity index is 1.33. The topological polar surface area (TPSA) is 72.1 Å². The highest BCUT2D eigenvalue weighted by Gasteiger charge is 2.35. The number of halogens is 1. The number of rotatable bonds is 8. The minimum absolute atomic E-state index is 0.435. The van der Waals surface area contributed by atoms with Crippen LogP contribution >= 0.6 is 23.4 Å². The number of esters is 1. The maximum absolute atomic E-state index is 13.3. The second kappa shape index (κ2) is 11.5. The molecule has 2 heterocycles. The molecule has 3 aromatic carbocycles. The van der Waals surface area contributed by atoms with Gasteiger partial charge in [0, 0.05) is 16.3 Å². The van der Waals surface area contributed by atoms with Crippen molar-refractivity contribution < 1.29 is 18.7 Å². The van der Waals surface area contributed by atoms with Crippen LogP contribution in [0.5, 0.6) is 0 Å². The summed E-state index contributed by atoms with van der Waals surface area (Å²) in [7, 11) is 0. The summed E-state index contributed by atoms with van der Waals surface area (Å²) in [6.07, 6.45) is 2.02. The van der Waals surface area contributed by atoms with Crippen LogP contribution in [-0.4, -0.2) is 29.2 Å². The van der Waals surface area contributed by atoms with Gasteiger partial charge in [0.15, 0.2) is 6.61 Å². The third-order valence-corrected chi connectivity index (χ3v) is 7.36. The number of ether oxygens (including phenoxy) is 1. The number of hydrogen-bond donors (Lipinski definition) is 0. The van der Waals surface area contributed by atoms with Crippen molar-refractivity contribution in [3.63, 3.8) is 0 Å². The van der Waals surface area contributed by atoms with Crippen molar-refractivity contribution in [2.75, 3.05) is 6.61 Å². The normalized spacial score (nSPS) is 15.8. The zero-order chi connectivity index (χ0) is 25.6. The fourth-order valence-electron chi connectivity index (χ4n) is 4.05. The summed E-state index contributed by atoms with van der Waals surface area (Å²) in [6.45, 7) is -0.438. The number of nitrogens with zero attached hydrogens (tertiary/aromatic N) is 2. The van der Waals surface area contributed by atoms with Crippen molar-refractivity contribution in [2.24, 2.45) is 5.10 Å². The molecule has 186 valence electrons. The summed E-state index contributed by atoms with van der Waals surface area (Å²) < 4.78 is 11.1. The molecule has 1 amide bonds. The lowest BCUT2D eigenvalue weighted by atomic mass is 10.0. The van der Waals surface area contributed by atoms with Gasteiger partial charge in [0.2, 0.25) is 0 Å². The maximum Gasteiger partial charge on any atom is 0.324 e. The Bertz CT molecular complexity index is 1380. The van der Waals surface area contributed by atoms with Gasteiger partial charge in [-0.2, -0.15) is 5.10 Å². The van der Waals surface area contributed by atoms with Crippen LogP contribution in [0.25, 0.3) is 0 Å². The van der Waals surface area contributed by atoms with Crippen molar-refractivity contribution in [3.05, 3.63) is 125 Å². The summed E-state index contributed by atoms with van der Waals surface area (Å²) in [5.41, 5.74) is 2.38. The van der Waals surface area contributed by atoms with E-state index in [9.17, 15) is 9.59 Å². The van der Waals surface area contributed by atoms with Crippen LogP contribution in [0.3, 0.4) is 0 Å². The molecule has 0 fully saturated rings. The van der Waals surface area contributed by atoms with Gasteiger partial charge in [-0.15, -0.1) is 11.8 Å². The van der Waals surface area contributed by atoms with Crippen LogP contribution < -0.4 is 0 Å². The molecule has 0 spiro atoms. The monoisotopic (exact) mass is 530 g/mol. The fourth-order valence-corrected chi connectivity index (χ4v) is 5.22. The molecular formula is C29H23ClN2O4S. The zero-order valence-corrected chi connectivity index (χ0v) is 21.3. The van der Waals surface area contributed by atoms with Gasteiger partial charge in [-0.3, -0.25) is 9.59 Å². The van der Waals surface area contributed by atoms with E-state index in [4.69, 9.17) is 20.8 Å². The minimum atomic E-state index is -0.621. The lowest BCUT2D eigenvalue weighted by Crippen LogP contribution is -2.31. The first-order valence-electron chi connectivity index (χ1n) is 11.7. The summed E-state index contributed by atoms with van der Waals surface area (Å²) in [5.74, 6) is -0.325. The first-order chi connectivity index (χ1) is 18.1. The molecule has 0 bridgehead atoms. The van der Waals surface area contributed by atoms with E-state index in [0.29, 0.717) is 17.2 Å². The molecule has 2 unspecified atom stereocenters. The summed E-state index contributed by atoms with van der Waals surface area (Å²) in [6, 6.07) is 29.4. The van der Waals surface area contributed by atoms with Crippen LogP contribution in [-0.2, 0) is 14.3 Å². The zero-order valence-electron chi connectivity index (χ0n) is 19.7. The van der Waals surface area contributed by atoms with E-state index < -0.39 is 29.8 Å². The highest BCUT2D eigenvalue weighted by Crippen LogP contribution is 2.37. The highest BCUT2D eigenvalue weighted by molar-refractivity contribution is 8.00. The molecule has 2 atom stereocenters. The molecule has 1 aliphatic rings. The fraction of sp³-hybridized carbons (Fsp3) is 0.138. The average Bonchev–Trinajstić information content (AvgIpc) is 3.62. The summed E-state index contributed by atoms with van der Waals surface area (Å²) >= 11 is 7.41. The lowest BCUT2D eigenvalue weighted by Gasteiger charge is -2.21. The van der Waals surface area contributed by atoms with Gasteiger partial charge in [0.25, 0.3) is 5.91 Å². The first kappa shape index (κ1) is 24.9. The van der Waals surface area contributed by atoms with Crippen molar-refractivity contribution >= 4 is 41.0 Å². The van der Waals surface area contributed by atoms with Gasteiger partial charge in [-0.25, -0.2) is 5.01 Å². The largest absolute Gasteiger partial charge is 0.467 e. The Labute approximate surface area is 223 Å². The molecule has 0 saturated carbocycles. The molecule has 8 heteroatoms. The van der Waals surface area contributed by atoms with E-state index in [0.717, 1.165) is 21.7 Å². The quantitative estimate of drug-likeness (QED) is 0.187. The van der Waals surface area contributed by atoms with E-state index in [-0.39, 0.29) is 0 Å². The van der Waals surface area contributed by atoms with Gasteiger partial charge in [0.05, 0.1) is 12.0 Å². The number of hydrogen-bond acceptors (Lipinski definition) is 6. The molecule has 0 saturated heterocycles. The molecule has 6 nitrogen and oxygen atoms in total. The van der Waals surface area contributed by atoms with Gasteiger partial charge < -0.3 is 9.15 Å². The van der Waals surface area contributed by atoms with Crippen molar-refractivity contribution in [2.45, 2.75) is 22.6 Å². The van der Waals surface area contributed by atoms with Crippen molar-refractivity contribution in [1.29, 1.82) is 0 Å². The Hall–Kier alpha value is -3.81. The molecule has 0 radical (unpaired) electrons. The van der Waals surface area contributed by atoms with Gasteiger partial charge in [-0.1, -0.05) is 72.3 Å². The molecular weight excluding hydrogens is 508 g/mol. The Morgan fingerprint density at radius 3 is 2.35 bits per heavy atom. The third kappa shape index (κ3) is 5.96. The van der Waals surface area contributed by atoms with E-state index in [1.807, 2.05) is 72.8 Å². The SMILES string of the molecule is O=C(OCC(=O)N1N=C(c2ccc(Cl)cc2)CC1c1ccco1)C(Sc1ccccc1)c1ccccc1. The lowest BCUT2D eigenvalue weighted by molar-refractivity contribution is -0.152. The van der Waals surface area contributed by atoms with Gasteiger partial charge in [-0.05, 0) is 47.5 Å². The van der Waals surface area contributed by atoms with E-state index in [2.05, 4.69) is 5.10 Å². The number of benzene rings is 3. The van der Waals surface area contributed by atoms with Crippen molar-refractivity contribution in [1.82, 2.24) is 5.01 Å².